The van der Waals surface area contributed by atoms with Crippen molar-refractivity contribution in [2.24, 2.45) is 50.6 Å². The average molecular weight is 1210 g/mol. The van der Waals surface area contributed by atoms with E-state index < -0.39 is 76.9 Å². The van der Waals surface area contributed by atoms with Crippen molar-refractivity contribution in [3.63, 3.8) is 0 Å². The maximum atomic E-state index is 14.1. The van der Waals surface area contributed by atoms with Gasteiger partial charge in [0.2, 0.25) is 41.4 Å². The first-order valence-corrected chi connectivity index (χ1v) is 31.2. The average Bonchev–Trinajstić information content (AvgIpc) is 3.57. The zero-order valence-electron chi connectivity index (χ0n) is 52.5. The first-order valence-electron chi connectivity index (χ1n) is 31.2. The first kappa shape index (κ1) is 79.6. The minimum Gasteiger partial charge on any atom is -0.411 e. The van der Waals surface area contributed by atoms with Crippen molar-refractivity contribution in [3.8, 4) is 0 Å². The summed E-state index contributed by atoms with van der Waals surface area (Å²) >= 11 is 0. The smallest absolute Gasteiger partial charge is 0.243 e. The van der Waals surface area contributed by atoms with Gasteiger partial charge in [-0.25, -0.2) is 0 Å². The van der Waals surface area contributed by atoms with E-state index in [2.05, 4.69) is 58.2 Å². The molecule has 0 fully saturated rings. The molecular weight excluding hydrogens is 1090 g/mol. The molecule has 0 aliphatic rings. The van der Waals surface area contributed by atoms with Gasteiger partial charge < -0.3 is 97.5 Å². The highest BCUT2D eigenvalue weighted by Crippen LogP contribution is 2.16. The van der Waals surface area contributed by atoms with Crippen molar-refractivity contribution in [2.45, 2.75) is 243 Å². The number of aldehydes is 1. The molecule has 492 valence electrons. The second-order valence-electron chi connectivity index (χ2n) is 23.3. The predicted octanol–water partition coefficient (Wildman–Crippen LogP) is 0.378. The largest absolute Gasteiger partial charge is 0.411 e. The van der Waals surface area contributed by atoms with Gasteiger partial charge in [-0.3, -0.25) is 33.6 Å². The van der Waals surface area contributed by atoms with E-state index in [4.69, 9.17) is 34.4 Å². The Morgan fingerprint density at radius 1 is 0.424 bits per heavy atom. The minimum atomic E-state index is -1.10. The summed E-state index contributed by atoms with van der Waals surface area (Å²) in [5.74, 6) is -3.13. The van der Waals surface area contributed by atoms with Crippen LogP contribution in [0.4, 0.5) is 0 Å². The van der Waals surface area contributed by atoms with E-state index in [0.29, 0.717) is 166 Å². The van der Waals surface area contributed by atoms with Gasteiger partial charge >= 0.3 is 0 Å². The van der Waals surface area contributed by atoms with Crippen LogP contribution in [-0.2, 0) is 38.4 Å². The molecule has 0 aromatic rings. The quantitative estimate of drug-likeness (QED) is 0.0129. The molecule has 0 spiro atoms. The normalized spacial score (nSPS) is 14.6. The summed E-state index contributed by atoms with van der Waals surface area (Å²) in [6.07, 6.45) is 11.5. The number of nitrogens with one attached hydrogen (secondary N) is 9. The molecule has 0 aliphatic carbocycles. The van der Waals surface area contributed by atoms with Gasteiger partial charge in [-0.15, -0.1) is 0 Å². The summed E-state index contributed by atoms with van der Waals surface area (Å²) in [5.41, 5.74) is 34.9. The maximum absolute atomic E-state index is 14.1. The number of rotatable bonds is 53. The van der Waals surface area contributed by atoms with E-state index >= 15 is 0 Å². The fraction of sp³-hybridized carbons (Fsp3) is 0.828. The molecule has 0 bridgehead atoms. The number of carbonyl (C=O) groups is 8. The van der Waals surface area contributed by atoms with Gasteiger partial charge in [0.25, 0.3) is 0 Å². The molecule has 6 atom stereocenters. The molecule has 0 saturated heterocycles. The highest BCUT2D eigenvalue weighted by Gasteiger charge is 2.32. The molecule has 0 rings (SSSR count). The highest BCUT2D eigenvalue weighted by atomic mass is 16.4. The standard InChI is InChI=1S/C58H115N17O10/c1-41(74-84)57(3,4)67-38-29-43(30-39-68-58(5,6)42(2)75-85)28-37-65-50(77)26-19-27-51(78)69-44(40-76)20-12-18-36-66-53(80)46(22-8-14-32-60)71-55(82)48(24-10-16-34-62)73-56(83)49(25-11-17-35-63)72-54(81)47(23-9-15-33-61)70-52(79)45(64)21-7-13-31-59/h40,43-49,67-68,84-85H,7-39,59-64H2,1-6H3,(H,65,77)(H,66,80)(H,69,78)(H,70,79)(H,71,82)(H,72,81)(H,73,83)/b74-41-,75-42-/t44-,45-,46-,47?,48?,49-/m0/s1. The second-order valence-corrected chi connectivity index (χ2v) is 23.3. The van der Waals surface area contributed by atoms with Crippen LogP contribution in [0.3, 0.4) is 0 Å². The Morgan fingerprint density at radius 3 is 1.19 bits per heavy atom. The van der Waals surface area contributed by atoms with Crippen LogP contribution in [-0.4, -0.2) is 176 Å². The Balaban J connectivity index is 5.60. The van der Waals surface area contributed by atoms with E-state index in [-0.39, 0.29) is 69.2 Å². The molecule has 23 N–H and O–H groups in total. The lowest BCUT2D eigenvalue weighted by molar-refractivity contribution is -0.135. The third-order valence-corrected chi connectivity index (χ3v) is 15.4. The number of unbranched alkanes of at least 4 members (excludes halogenated alkanes) is 6. The number of amides is 7. The van der Waals surface area contributed by atoms with Gasteiger partial charge in [-0.1, -0.05) is 16.7 Å². The molecule has 2 unspecified atom stereocenters. The van der Waals surface area contributed by atoms with Crippen LogP contribution in [0.25, 0.3) is 0 Å². The van der Waals surface area contributed by atoms with E-state index in [1.165, 1.54) is 0 Å². The van der Waals surface area contributed by atoms with Crippen LogP contribution in [0, 0.1) is 5.92 Å². The molecule has 85 heavy (non-hydrogen) atoms. The van der Waals surface area contributed by atoms with Gasteiger partial charge in [-0.2, -0.15) is 0 Å². The topological polar surface area (TPSA) is 466 Å². The van der Waals surface area contributed by atoms with E-state index in [1.807, 2.05) is 27.7 Å². The number of hydrogen-bond donors (Lipinski definition) is 17. The lowest BCUT2D eigenvalue weighted by Gasteiger charge is -2.28. The fourth-order valence-corrected chi connectivity index (χ4v) is 9.09. The molecule has 0 heterocycles. The Hall–Kier alpha value is -5.42. The van der Waals surface area contributed by atoms with E-state index in [0.717, 1.165) is 12.8 Å². The number of nitrogens with zero attached hydrogens (tertiary/aromatic N) is 2. The molecule has 27 nitrogen and oxygen atoms in total. The Morgan fingerprint density at radius 2 is 0.788 bits per heavy atom. The van der Waals surface area contributed by atoms with E-state index in [1.54, 1.807) is 13.8 Å². The summed E-state index contributed by atoms with van der Waals surface area (Å²) in [4.78, 5) is 107. The van der Waals surface area contributed by atoms with Crippen LogP contribution in [0.2, 0.25) is 0 Å². The van der Waals surface area contributed by atoms with Crippen molar-refractivity contribution in [2.75, 3.05) is 58.9 Å². The summed E-state index contributed by atoms with van der Waals surface area (Å²) in [5, 5.41) is 51.9. The lowest BCUT2D eigenvalue weighted by atomic mass is 9.94. The van der Waals surface area contributed by atoms with Crippen molar-refractivity contribution in [3.05, 3.63) is 0 Å². The lowest BCUT2D eigenvalue weighted by Crippen LogP contribution is -2.58. The van der Waals surface area contributed by atoms with Gasteiger partial charge in [0.15, 0.2) is 0 Å². The molecule has 7 amide bonds. The van der Waals surface area contributed by atoms with Gasteiger partial charge in [0, 0.05) is 25.9 Å². The maximum Gasteiger partial charge on any atom is 0.243 e. The summed E-state index contributed by atoms with van der Waals surface area (Å²) in [7, 11) is 0. The van der Waals surface area contributed by atoms with Crippen molar-refractivity contribution in [1.29, 1.82) is 0 Å². The molecule has 0 aromatic carbocycles. The van der Waals surface area contributed by atoms with Crippen molar-refractivity contribution >= 4 is 59.1 Å². The SMILES string of the molecule is C/C(=N/O)C(C)(C)NCCC(CCNC(=O)CCCC(=O)N[C@H](C=O)CCCCNC(=O)[C@H](CCCCN)NC(=O)C(CCCCN)NC(=O)[C@H](CCCCN)NC(=O)C(CCCCN)NC(=O)[C@@H](N)CCCCN)CCNC(C)(C)/C(C)=N\O. The molecular formula is C58H115N17O10. The minimum absolute atomic E-state index is 0.0389. The van der Waals surface area contributed by atoms with Gasteiger partial charge in [0.1, 0.15) is 30.5 Å². The van der Waals surface area contributed by atoms with Gasteiger partial charge in [0.05, 0.1) is 34.6 Å². The molecule has 0 aliphatic heterocycles. The van der Waals surface area contributed by atoms with Crippen LogP contribution in [0.5, 0.6) is 0 Å². The summed E-state index contributed by atoms with van der Waals surface area (Å²) in [6.45, 7) is 15.1. The zero-order chi connectivity index (χ0) is 64.1. The summed E-state index contributed by atoms with van der Waals surface area (Å²) < 4.78 is 0. The molecule has 27 heteroatoms. The molecule has 0 saturated carbocycles. The van der Waals surface area contributed by atoms with Crippen molar-refractivity contribution in [1.82, 2.24) is 47.9 Å². The molecule has 0 radical (unpaired) electrons. The number of carbonyl (C=O) groups excluding carboxylic acids is 8. The van der Waals surface area contributed by atoms with Crippen molar-refractivity contribution < 1.29 is 48.8 Å². The van der Waals surface area contributed by atoms with E-state index in [9.17, 15) is 48.8 Å². The van der Waals surface area contributed by atoms with Gasteiger partial charge in [-0.05, 0) is 228 Å². The Kier molecular flexibility index (Phi) is 44.7. The van der Waals surface area contributed by atoms with Crippen LogP contribution < -0.4 is 82.3 Å². The second kappa shape index (κ2) is 47.7. The first-order chi connectivity index (χ1) is 40.5. The van der Waals surface area contributed by atoms with Crippen LogP contribution in [0.15, 0.2) is 10.3 Å². The fourth-order valence-electron chi connectivity index (χ4n) is 9.09. The summed E-state index contributed by atoms with van der Waals surface area (Å²) in [6, 6.07) is -5.83. The Labute approximate surface area is 506 Å². The predicted molar refractivity (Wildman–Crippen MR) is 333 cm³/mol. The number of hydrogen-bond acceptors (Lipinski definition) is 20. The third kappa shape index (κ3) is 37.0. The number of nitrogens with two attached hydrogens (primary N) is 6. The molecule has 0 aromatic heterocycles. The Bertz CT molecular complexity index is 1940. The number of oxime groups is 2. The third-order valence-electron chi connectivity index (χ3n) is 15.4. The van der Waals surface area contributed by atoms with Crippen LogP contribution in [0.1, 0.15) is 196 Å². The monoisotopic (exact) mass is 1210 g/mol. The highest BCUT2D eigenvalue weighted by molar-refractivity contribution is 5.96. The van der Waals surface area contributed by atoms with Crippen LogP contribution >= 0.6 is 0 Å². The zero-order valence-corrected chi connectivity index (χ0v) is 52.5.